The fourth-order valence-electron chi connectivity index (χ4n) is 2.43. The number of ether oxygens (including phenoxy) is 1. The molecule has 0 radical (unpaired) electrons. The topological polar surface area (TPSA) is 45.9 Å². The third-order valence-electron chi connectivity index (χ3n) is 3.54. The summed E-state index contributed by atoms with van der Waals surface area (Å²) in [6, 6.07) is 12.7. The van der Waals surface area contributed by atoms with Crippen LogP contribution in [0.5, 0.6) is 5.75 Å². The molecule has 23 heavy (non-hydrogen) atoms. The van der Waals surface area contributed by atoms with Gasteiger partial charge in [0.15, 0.2) is 0 Å². The Labute approximate surface area is 136 Å². The second kappa shape index (κ2) is 7.73. The highest BCUT2D eigenvalue weighted by Gasteiger charge is 2.17. The van der Waals surface area contributed by atoms with E-state index >= 15 is 0 Å². The van der Waals surface area contributed by atoms with Gasteiger partial charge in [-0.25, -0.2) is 4.39 Å². The largest absolute Gasteiger partial charge is 0.484 e. The van der Waals surface area contributed by atoms with E-state index in [-0.39, 0.29) is 6.10 Å². The molecule has 1 aromatic carbocycles. The fourth-order valence-corrected chi connectivity index (χ4v) is 2.43. The molecule has 0 N–H and O–H groups in total. The summed E-state index contributed by atoms with van der Waals surface area (Å²) in [6.07, 6.45) is 0.608. The monoisotopic (exact) mass is 312 g/mol. The van der Waals surface area contributed by atoms with Crippen LogP contribution >= 0.6 is 0 Å². The van der Waals surface area contributed by atoms with Gasteiger partial charge >= 0.3 is 0 Å². The Bertz CT molecular complexity index is 707. The minimum absolute atomic E-state index is 0.199. The molecule has 0 saturated heterocycles. The molecule has 0 aliphatic heterocycles. The summed E-state index contributed by atoms with van der Waals surface area (Å²) >= 11 is 0. The van der Waals surface area contributed by atoms with Crippen LogP contribution in [0.3, 0.4) is 0 Å². The number of nitrogens with zero attached hydrogens (tertiary/aromatic N) is 2. The van der Waals surface area contributed by atoms with Gasteiger partial charge in [-0.15, -0.1) is 0 Å². The molecule has 1 aromatic heterocycles. The van der Waals surface area contributed by atoms with Gasteiger partial charge in [0.2, 0.25) is 0 Å². The highest BCUT2D eigenvalue weighted by molar-refractivity contribution is 5.42. The molecule has 0 bridgehead atoms. The predicted octanol–water partition coefficient (Wildman–Crippen LogP) is 4.90. The van der Waals surface area contributed by atoms with Crippen molar-refractivity contribution in [3.8, 4) is 11.8 Å². The molecule has 0 fully saturated rings. The van der Waals surface area contributed by atoms with E-state index in [2.05, 4.69) is 18.8 Å². The number of hydrogen-bond donors (Lipinski definition) is 0. The van der Waals surface area contributed by atoms with Gasteiger partial charge in [-0.3, -0.25) is 4.98 Å². The SMILES string of the molecule is Cc1cccc(C(CC(C)C)Oc2ccc(C#N)c(CF)c2)n1. The van der Waals surface area contributed by atoms with Crippen LogP contribution in [0.25, 0.3) is 0 Å². The van der Waals surface area contributed by atoms with Gasteiger partial charge in [0.1, 0.15) is 18.5 Å². The van der Waals surface area contributed by atoms with Crippen LogP contribution < -0.4 is 4.74 Å². The van der Waals surface area contributed by atoms with E-state index in [4.69, 9.17) is 10.00 Å². The van der Waals surface area contributed by atoms with Crippen molar-refractivity contribution in [1.82, 2.24) is 4.98 Å². The molecule has 0 aliphatic rings. The standard InChI is InChI=1S/C19H21FN2O/c1-13(2)9-19(18-6-4-5-14(3)22-18)23-17-8-7-15(12-21)16(10-17)11-20/h4-8,10,13,19H,9,11H2,1-3H3. The normalized spacial score (nSPS) is 12.0. The van der Waals surface area contributed by atoms with Gasteiger partial charge in [0.25, 0.3) is 0 Å². The van der Waals surface area contributed by atoms with Crippen molar-refractivity contribution in [1.29, 1.82) is 5.26 Å². The maximum Gasteiger partial charge on any atom is 0.141 e. The predicted molar refractivity (Wildman–Crippen MR) is 87.8 cm³/mol. The Morgan fingerprint density at radius 1 is 1.26 bits per heavy atom. The van der Waals surface area contributed by atoms with Crippen molar-refractivity contribution >= 4 is 0 Å². The summed E-state index contributed by atoms with van der Waals surface area (Å²) in [5.74, 6) is 0.993. The molecule has 0 saturated carbocycles. The summed E-state index contributed by atoms with van der Waals surface area (Å²) in [7, 11) is 0. The highest BCUT2D eigenvalue weighted by Crippen LogP contribution is 2.28. The summed E-state index contributed by atoms with van der Waals surface area (Å²) < 4.78 is 19.1. The number of hydrogen-bond acceptors (Lipinski definition) is 3. The lowest BCUT2D eigenvalue weighted by Crippen LogP contribution is -2.13. The Morgan fingerprint density at radius 3 is 2.65 bits per heavy atom. The second-order valence-corrected chi connectivity index (χ2v) is 6.00. The Morgan fingerprint density at radius 2 is 2.04 bits per heavy atom. The molecular formula is C19H21FN2O. The Hall–Kier alpha value is -2.41. The van der Waals surface area contributed by atoms with Gasteiger partial charge in [0.05, 0.1) is 17.3 Å². The van der Waals surface area contributed by atoms with Gasteiger partial charge in [-0.2, -0.15) is 5.26 Å². The van der Waals surface area contributed by atoms with Crippen molar-refractivity contribution in [2.75, 3.05) is 0 Å². The van der Waals surface area contributed by atoms with Crippen LogP contribution in [0.1, 0.15) is 48.9 Å². The molecule has 0 amide bonds. The van der Waals surface area contributed by atoms with E-state index in [1.807, 2.05) is 31.2 Å². The first kappa shape index (κ1) is 17.0. The van der Waals surface area contributed by atoms with Crippen LogP contribution in [0.2, 0.25) is 0 Å². The third kappa shape index (κ3) is 4.53. The highest BCUT2D eigenvalue weighted by atomic mass is 19.1. The van der Waals surface area contributed by atoms with Crippen molar-refractivity contribution in [2.45, 2.75) is 40.0 Å². The number of pyridine rings is 1. The molecule has 1 heterocycles. The summed E-state index contributed by atoms with van der Waals surface area (Å²) in [5.41, 5.74) is 2.49. The molecule has 1 unspecified atom stereocenters. The second-order valence-electron chi connectivity index (χ2n) is 6.00. The van der Waals surface area contributed by atoms with Crippen LogP contribution in [-0.4, -0.2) is 4.98 Å². The van der Waals surface area contributed by atoms with Crippen LogP contribution in [-0.2, 0) is 6.67 Å². The number of aromatic nitrogens is 1. The van der Waals surface area contributed by atoms with E-state index in [1.54, 1.807) is 18.2 Å². The zero-order chi connectivity index (χ0) is 16.8. The summed E-state index contributed by atoms with van der Waals surface area (Å²) in [5, 5.41) is 8.98. The van der Waals surface area contributed by atoms with Gasteiger partial charge in [-0.1, -0.05) is 19.9 Å². The maximum atomic E-state index is 13.1. The lowest BCUT2D eigenvalue weighted by molar-refractivity contribution is 0.172. The van der Waals surface area contributed by atoms with Gasteiger partial charge < -0.3 is 4.74 Å². The molecule has 4 heteroatoms. The molecule has 0 spiro atoms. The van der Waals surface area contributed by atoms with E-state index in [9.17, 15) is 4.39 Å². The maximum absolute atomic E-state index is 13.1. The van der Waals surface area contributed by atoms with Crippen molar-refractivity contribution in [2.24, 2.45) is 5.92 Å². The van der Waals surface area contributed by atoms with Crippen LogP contribution in [0.4, 0.5) is 4.39 Å². The first-order valence-corrected chi connectivity index (χ1v) is 7.72. The molecule has 3 nitrogen and oxygen atoms in total. The minimum atomic E-state index is -0.683. The molecule has 0 aliphatic carbocycles. The Kier molecular flexibility index (Phi) is 5.70. The van der Waals surface area contributed by atoms with E-state index in [0.29, 0.717) is 22.8 Å². The quantitative estimate of drug-likeness (QED) is 0.762. The molecule has 2 rings (SSSR count). The number of nitriles is 1. The first-order valence-electron chi connectivity index (χ1n) is 7.72. The lowest BCUT2D eigenvalue weighted by Gasteiger charge is -2.21. The van der Waals surface area contributed by atoms with Gasteiger partial charge in [-0.05, 0) is 49.6 Å². The zero-order valence-electron chi connectivity index (χ0n) is 13.7. The number of benzene rings is 1. The minimum Gasteiger partial charge on any atom is -0.484 e. The number of alkyl halides is 1. The number of rotatable bonds is 6. The Balaban J connectivity index is 2.29. The average Bonchev–Trinajstić information content (AvgIpc) is 2.53. The van der Waals surface area contributed by atoms with Crippen LogP contribution in [0.15, 0.2) is 36.4 Å². The van der Waals surface area contributed by atoms with Crippen molar-refractivity contribution in [3.63, 3.8) is 0 Å². The fraction of sp³-hybridized carbons (Fsp3) is 0.368. The third-order valence-corrected chi connectivity index (χ3v) is 3.54. The van der Waals surface area contributed by atoms with E-state index in [0.717, 1.165) is 17.8 Å². The summed E-state index contributed by atoms with van der Waals surface area (Å²) in [6.45, 7) is 5.51. The first-order chi connectivity index (χ1) is 11.0. The summed E-state index contributed by atoms with van der Waals surface area (Å²) in [4.78, 5) is 4.55. The van der Waals surface area contributed by atoms with Gasteiger partial charge in [0, 0.05) is 11.3 Å². The number of halogens is 1. The van der Waals surface area contributed by atoms with Crippen LogP contribution in [0, 0.1) is 24.2 Å². The van der Waals surface area contributed by atoms with Crippen molar-refractivity contribution < 1.29 is 9.13 Å². The van der Waals surface area contributed by atoms with E-state index in [1.165, 1.54) is 0 Å². The zero-order valence-corrected chi connectivity index (χ0v) is 13.7. The van der Waals surface area contributed by atoms with E-state index < -0.39 is 6.67 Å². The molecule has 2 aromatic rings. The molecule has 120 valence electrons. The number of aryl methyl sites for hydroxylation is 1. The van der Waals surface area contributed by atoms with Crippen molar-refractivity contribution in [3.05, 3.63) is 58.9 Å². The smallest absolute Gasteiger partial charge is 0.141 e. The molecular weight excluding hydrogens is 291 g/mol. The lowest BCUT2D eigenvalue weighted by atomic mass is 10.0. The molecule has 1 atom stereocenters. The average molecular weight is 312 g/mol.